The molecule has 0 bridgehead atoms. The molecule has 1 heterocycles. The maximum Gasteiger partial charge on any atom is 0.355 e. The standard InChI is InChI=1S/C11H12N2O3S/c14-9(12-7-4-2-1-3-5-7)10-13-8(6-17-10)11(15)16/h1-2,6-7H,3-5H2,(H,12,14)(H,15,16). The summed E-state index contributed by atoms with van der Waals surface area (Å²) in [5.74, 6) is -1.40. The summed E-state index contributed by atoms with van der Waals surface area (Å²) in [5.41, 5.74) is -0.0799. The SMILES string of the molecule is O=C(O)c1csc(C(=O)NC2CC=CCC2)n1. The number of thiazole rings is 1. The predicted octanol–water partition coefficient (Wildman–Crippen LogP) is 1.68. The fourth-order valence-electron chi connectivity index (χ4n) is 1.65. The lowest BCUT2D eigenvalue weighted by Gasteiger charge is -2.18. The van der Waals surface area contributed by atoms with Crippen molar-refractivity contribution in [2.75, 3.05) is 0 Å². The van der Waals surface area contributed by atoms with Crippen molar-refractivity contribution in [3.63, 3.8) is 0 Å². The van der Waals surface area contributed by atoms with Crippen LogP contribution in [0.4, 0.5) is 0 Å². The van der Waals surface area contributed by atoms with Gasteiger partial charge in [0.1, 0.15) is 0 Å². The molecule has 5 nitrogen and oxygen atoms in total. The van der Waals surface area contributed by atoms with E-state index in [1.54, 1.807) is 0 Å². The van der Waals surface area contributed by atoms with Gasteiger partial charge in [-0.2, -0.15) is 0 Å². The van der Waals surface area contributed by atoms with Gasteiger partial charge in [-0.15, -0.1) is 11.3 Å². The van der Waals surface area contributed by atoms with Gasteiger partial charge >= 0.3 is 5.97 Å². The summed E-state index contributed by atoms with van der Waals surface area (Å²) in [6.07, 6.45) is 6.83. The number of hydrogen-bond acceptors (Lipinski definition) is 4. The summed E-state index contributed by atoms with van der Waals surface area (Å²) >= 11 is 1.05. The Morgan fingerprint density at radius 1 is 1.47 bits per heavy atom. The molecule has 0 aromatic carbocycles. The summed E-state index contributed by atoms with van der Waals surface area (Å²) < 4.78 is 0. The van der Waals surface area contributed by atoms with E-state index in [0.29, 0.717) is 0 Å². The average Bonchev–Trinajstić information content (AvgIpc) is 2.79. The molecule has 1 atom stereocenters. The number of carbonyl (C=O) groups is 2. The maximum absolute atomic E-state index is 11.8. The van der Waals surface area contributed by atoms with E-state index in [9.17, 15) is 9.59 Å². The second-order valence-corrected chi connectivity index (χ2v) is 4.66. The van der Waals surface area contributed by atoms with Crippen molar-refractivity contribution in [3.05, 3.63) is 28.2 Å². The van der Waals surface area contributed by atoms with Crippen LogP contribution in [-0.4, -0.2) is 28.0 Å². The van der Waals surface area contributed by atoms with Crippen molar-refractivity contribution in [3.8, 4) is 0 Å². The normalized spacial score (nSPS) is 18.9. The van der Waals surface area contributed by atoms with Crippen LogP contribution >= 0.6 is 11.3 Å². The van der Waals surface area contributed by atoms with E-state index in [4.69, 9.17) is 5.11 Å². The molecule has 1 aliphatic carbocycles. The van der Waals surface area contributed by atoms with E-state index in [1.165, 1.54) is 5.38 Å². The molecular formula is C11H12N2O3S. The van der Waals surface area contributed by atoms with Crippen LogP contribution in [0.25, 0.3) is 0 Å². The molecule has 0 spiro atoms. The molecule has 0 saturated heterocycles. The lowest BCUT2D eigenvalue weighted by Crippen LogP contribution is -2.35. The molecule has 1 aromatic heterocycles. The Balaban J connectivity index is 1.99. The third-order valence-electron chi connectivity index (χ3n) is 2.52. The van der Waals surface area contributed by atoms with Crippen molar-refractivity contribution in [1.29, 1.82) is 0 Å². The minimum absolute atomic E-state index is 0.0799. The Kier molecular flexibility index (Phi) is 3.53. The van der Waals surface area contributed by atoms with E-state index < -0.39 is 5.97 Å². The fourth-order valence-corrected chi connectivity index (χ4v) is 2.34. The number of nitrogens with zero attached hydrogens (tertiary/aromatic N) is 1. The van der Waals surface area contributed by atoms with E-state index in [0.717, 1.165) is 30.6 Å². The second-order valence-electron chi connectivity index (χ2n) is 3.80. The monoisotopic (exact) mass is 252 g/mol. The zero-order chi connectivity index (χ0) is 12.3. The molecule has 2 rings (SSSR count). The van der Waals surface area contributed by atoms with Crippen LogP contribution in [0, 0.1) is 0 Å². The Hall–Kier alpha value is -1.69. The van der Waals surface area contributed by atoms with E-state index in [2.05, 4.69) is 16.4 Å². The number of aromatic carboxylic acids is 1. The number of carboxylic acid groups (broad SMARTS) is 1. The number of carboxylic acids is 1. The Labute approximate surface area is 102 Å². The summed E-state index contributed by atoms with van der Waals surface area (Å²) in [5, 5.41) is 13.1. The number of amides is 1. The molecule has 17 heavy (non-hydrogen) atoms. The predicted molar refractivity (Wildman–Crippen MR) is 63.3 cm³/mol. The van der Waals surface area contributed by atoms with Crippen LogP contribution in [0.15, 0.2) is 17.5 Å². The van der Waals surface area contributed by atoms with Crippen LogP contribution < -0.4 is 5.32 Å². The molecule has 1 unspecified atom stereocenters. The van der Waals surface area contributed by atoms with Crippen LogP contribution in [0.3, 0.4) is 0 Å². The van der Waals surface area contributed by atoms with Crippen LogP contribution in [-0.2, 0) is 0 Å². The summed E-state index contributed by atoms with van der Waals surface area (Å²) in [7, 11) is 0. The number of nitrogens with one attached hydrogen (secondary N) is 1. The van der Waals surface area contributed by atoms with Crippen molar-refractivity contribution < 1.29 is 14.7 Å². The Bertz CT molecular complexity index is 467. The van der Waals surface area contributed by atoms with E-state index >= 15 is 0 Å². The third-order valence-corrected chi connectivity index (χ3v) is 3.36. The average molecular weight is 252 g/mol. The molecule has 1 amide bonds. The Morgan fingerprint density at radius 3 is 2.88 bits per heavy atom. The highest BCUT2D eigenvalue weighted by molar-refractivity contribution is 7.11. The lowest BCUT2D eigenvalue weighted by atomic mass is 10.0. The van der Waals surface area contributed by atoms with Gasteiger partial charge in [0.2, 0.25) is 0 Å². The first-order valence-corrected chi connectivity index (χ1v) is 6.19. The molecule has 1 aliphatic rings. The second kappa shape index (κ2) is 5.09. The van der Waals surface area contributed by atoms with Crippen LogP contribution in [0.5, 0.6) is 0 Å². The summed E-state index contributed by atoms with van der Waals surface area (Å²) in [6, 6.07) is 0.129. The molecule has 0 aliphatic heterocycles. The van der Waals surface area contributed by atoms with Gasteiger partial charge in [0.05, 0.1) is 0 Å². The highest BCUT2D eigenvalue weighted by atomic mass is 32.1. The zero-order valence-electron chi connectivity index (χ0n) is 9.05. The maximum atomic E-state index is 11.8. The number of allylic oxidation sites excluding steroid dienone is 1. The van der Waals surface area contributed by atoms with Gasteiger partial charge < -0.3 is 10.4 Å². The van der Waals surface area contributed by atoms with Gasteiger partial charge in [0.15, 0.2) is 10.7 Å². The minimum Gasteiger partial charge on any atom is -0.476 e. The number of hydrogen-bond donors (Lipinski definition) is 2. The van der Waals surface area contributed by atoms with Gasteiger partial charge in [-0.25, -0.2) is 9.78 Å². The highest BCUT2D eigenvalue weighted by Gasteiger charge is 2.18. The van der Waals surface area contributed by atoms with Crippen LogP contribution in [0.2, 0.25) is 0 Å². The quantitative estimate of drug-likeness (QED) is 0.802. The van der Waals surface area contributed by atoms with E-state index in [-0.39, 0.29) is 22.7 Å². The largest absolute Gasteiger partial charge is 0.476 e. The molecular weight excluding hydrogens is 240 g/mol. The molecule has 0 saturated carbocycles. The number of carbonyl (C=O) groups excluding carboxylic acids is 1. The van der Waals surface area contributed by atoms with Gasteiger partial charge in [0.25, 0.3) is 5.91 Å². The number of aromatic nitrogens is 1. The van der Waals surface area contributed by atoms with Crippen molar-refractivity contribution in [2.24, 2.45) is 0 Å². The van der Waals surface area contributed by atoms with Crippen molar-refractivity contribution >= 4 is 23.2 Å². The molecule has 1 aromatic rings. The molecule has 6 heteroatoms. The lowest BCUT2D eigenvalue weighted by molar-refractivity contribution is 0.0691. The first-order chi connectivity index (χ1) is 8.16. The minimum atomic E-state index is -1.11. The fraction of sp³-hybridized carbons (Fsp3) is 0.364. The highest BCUT2D eigenvalue weighted by Crippen LogP contribution is 2.13. The van der Waals surface area contributed by atoms with E-state index in [1.807, 2.05) is 6.08 Å². The molecule has 90 valence electrons. The summed E-state index contributed by atoms with van der Waals surface area (Å²) in [4.78, 5) is 26.2. The summed E-state index contributed by atoms with van der Waals surface area (Å²) in [6.45, 7) is 0. The van der Waals surface area contributed by atoms with Gasteiger partial charge in [0, 0.05) is 11.4 Å². The third kappa shape index (κ3) is 2.91. The number of rotatable bonds is 3. The topological polar surface area (TPSA) is 79.3 Å². The first kappa shape index (κ1) is 11.8. The Morgan fingerprint density at radius 2 is 2.29 bits per heavy atom. The van der Waals surface area contributed by atoms with Crippen molar-refractivity contribution in [1.82, 2.24) is 10.3 Å². The van der Waals surface area contributed by atoms with Crippen LogP contribution in [0.1, 0.15) is 39.6 Å². The van der Waals surface area contributed by atoms with Gasteiger partial charge in [-0.3, -0.25) is 4.79 Å². The van der Waals surface area contributed by atoms with Gasteiger partial charge in [-0.05, 0) is 19.3 Å². The zero-order valence-corrected chi connectivity index (χ0v) is 9.87. The van der Waals surface area contributed by atoms with Gasteiger partial charge in [-0.1, -0.05) is 12.2 Å². The molecule has 0 radical (unpaired) electrons. The first-order valence-electron chi connectivity index (χ1n) is 5.31. The van der Waals surface area contributed by atoms with Crippen molar-refractivity contribution in [2.45, 2.75) is 25.3 Å². The smallest absolute Gasteiger partial charge is 0.355 e. The molecule has 0 fully saturated rings. The molecule has 2 N–H and O–H groups in total.